The molecule has 0 saturated carbocycles. The molecular weight excluding hydrogens is 198 g/mol. The summed E-state index contributed by atoms with van der Waals surface area (Å²) in [5, 5.41) is 7.79. The lowest BCUT2D eigenvalue weighted by atomic mass is 10.2. The van der Waals surface area contributed by atoms with E-state index in [2.05, 4.69) is 10.3 Å². The molecule has 0 aliphatic carbocycles. The number of benzene rings is 1. The predicted octanol–water partition coefficient (Wildman–Crippen LogP) is 2.31. The average Bonchev–Trinajstić information content (AvgIpc) is 2.67. The van der Waals surface area contributed by atoms with Crippen LogP contribution in [0.4, 0.5) is 0 Å². The van der Waals surface area contributed by atoms with Crippen LogP contribution < -0.4 is 0 Å². The molecule has 0 saturated heterocycles. The van der Waals surface area contributed by atoms with Gasteiger partial charge in [0.2, 0.25) is 0 Å². The first-order valence-electron chi connectivity index (χ1n) is 4.34. The lowest BCUT2D eigenvalue weighted by Crippen LogP contribution is -2.00. The third kappa shape index (κ3) is 1.63. The van der Waals surface area contributed by atoms with Crippen LogP contribution in [0.1, 0.15) is 11.3 Å². The van der Waals surface area contributed by atoms with Crippen molar-refractivity contribution in [2.75, 3.05) is 0 Å². The van der Waals surface area contributed by atoms with Crippen molar-refractivity contribution in [3.63, 3.8) is 0 Å². The second-order valence-corrected chi connectivity index (χ2v) is 3.37. The van der Waals surface area contributed by atoms with Crippen LogP contribution in [0.15, 0.2) is 30.5 Å². The average molecular weight is 208 g/mol. The van der Waals surface area contributed by atoms with E-state index >= 15 is 0 Å². The summed E-state index contributed by atoms with van der Waals surface area (Å²) in [6.07, 6.45) is 1.67. The summed E-state index contributed by atoms with van der Waals surface area (Å²) in [5.41, 5.74) is 3.11. The van der Waals surface area contributed by atoms with Gasteiger partial charge < -0.3 is 0 Å². The summed E-state index contributed by atoms with van der Waals surface area (Å²) in [5.74, 6) is 0.418. The van der Waals surface area contributed by atoms with Gasteiger partial charge in [-0.3, -0.25) is 0 Å². The molecule has 0 N–H and O–H groups in total. The maximum atomic E-state index is 5.75. The number of aromatic nitrogens is 3. The fraction of sp³-hybridized carbons (Fsp3) is 0.200. The van der Waals surface area contributed by atoms with Crippen LogP contribution in [-0.2, 0) is 5.88 Å². The second kappa shape index (κ2) is 3.80. The Labute approximate surface area is 87.3 Å². The molecule has 0 bridgehead atoms. The normalized spacial score (nSPS) is 10.4. The molecule has 3 nitrogen and oxygen atoms in total. The van der Waals surface area contributed by atoms with E-state index in [1.165, 1.54) is 5.56 Å². The summed E-state index contributed by atoms with van der Waals surface area (Å²) < 4.78 is 1.74. The number of hydrogen-bond donors (Lipinski definition) is 0. The van der Waals surface area contributed by atoms with E-state index in [0.717, 1.165) is 11.4 Å². The zero-order chi connectivity index (χ0) is 9.97. The highest BCUT2D eigenvalue weighted by atomic mass is 35.5. The van der Waals surface area contributed by atoms with Gasteiger partial charge in [0, 0.05) is 0 Å². The Balaban J connectivity index is 2.44. The van der Waals surface area contributed by atoms with Gasteiger partial charge in [0.25, 0.3) is 0 Å². The van der Waals surface area contributed by atoms with E-state index in [1.54, 1.807) is 10.9 Å². The van der Waals surface area contributed by atoms with E-state index < -0.39 is 0 Å². The van der Waals surface area contributed by atoms with Crippen molar-refractivity contribution >= 4 is 11.6 Å². The lowest BCUT2D eigenvalue weighted by Gasteiger charge is -2.03. The van der Waals surface area contributed by atoms with Crippen molar-refractivity contribution < 1.29 is 0 Å². The largest absolute Gasteiger partial charge is 0.216 e. The molecular formula is C10H10ClN3. The Morgan fingerprint density at radius 1 is 1.29 bits per heavy atom. The van der Waals surface area contributed by atoms with Crippen LogP contribution in [0.5, 0.6) is 0 Å². The number of rotatable bonds is 2. The van der Waals surface area contributed by atoms with Crippen LogP contribution in [0.3, 0.4) is 0 Å². The Hall–Kier alpha value is -1.35. The van der Waals surface area contributed by atoms with Gasteiger partial charge in [-0.1, -0.05) is 22.9 Å². The summed E-state index contributed by atoms with van der Waals surface area (Å²) in [6.45, 7) is 2.05. The van der Waals surface area contributed by atoms with Gasteiger partial charge in [0.15, 0.2) is 0 Å². The molecule has 0 atom stereocenters. The van der Waals surface area contributed by atoms with Gasteiger partial charge in [-0.15, -0.1) is 16.7 Å². The number of halogens is 1. The first kappa shape index (κ1) is 9.21. The molecule has 14 heavy (non-hydrogen) atoms. The minimum absolute atomic E-state index is 0.418. The molecule has 2 rings (SSSR count). The van der Waals surface area contributed by atoms with Crippen molar-refractivity contribution in [2.24, 2.45) is 0 Å². The number of nitrogens with zero attached hydrogens (tertiary/aromatic N) is 3. The molecule has 0 amide bonds. The quantitative estimate of drug-likeness (QED) is 0.708. The van der Waals surface area contributed by atoms with Crippen molar-refractivity contribution in [1.29, 1.82) is 0 Å². The Bertz CT molecular complexity index is 419. The van der Waals surface area contributed by atoms with E-state index in [4.69, 9.17) is 11.6 Å². The highest BCUT2D eigenvalue weighted by Gasteiger charge is 2.03. The number of alkyl halides is 1. The zero-order valence-electron chi connectivity index (χ0n) is 7.81. The molecule has 1 heterocycles. The van der Waals surface area contributed by atoms with Gasteiger partial charge in [0.1, 0.15) is 0 Å². The maximum absolute atomic E-state index is 5.75. The lowest BCUT2D eigenvalue weighted by molar-refractivity contribution is 0.781. The minimum atomic E-state index is 0.418. The highest BCUT2D eigenvalue weighted by Crippen LogP contribution is 2.11. The number of hydrogen-bond acceptors (Lipinski definition) is 2. The van der Waals surface area contributed by atoms with Gasteiger partial charge in [-0.25, -0.2) is 4.68 Å². The number of aryl methyl sites for hydroxylation is 1. The van der Waals surface area contributed by atoms with Crippen LogP contribution in [0.2, 0.25) is 0 Å². The third-order valence-corrected chi connectivity index (χ3v) is 2.31. The summed E-state index contributed by atoms with van der Waals surface area (Å²) in [6, 6.07) is 8.07. The van der Waals surface area contributed by atoms with Crippen LogP contribution in [-0.4, -0.2) is 15.0 Å². The molecule has 4 heteroatoms. The van der Waals surface area contributed by atoms with Gasteiger partial charge in [0.05, 0.1) is 23.5 Å². The summed E-state index contributed by atoms with van der Waals surface area (Å²) in [4.78, 5) is 0. The van der Waals surface area contributed by atoms with Gasteiger partial charge in [-0.2, -0.15) is 0 Å². The van der Waals surface area contributed by atoms with Crippen molar-refractivity contribution in [3.8, 4) is 5.69 Å². The van der Waals surface area contributed by atoms with Gasteiger partial charge >= 0.3 is 0 Å². The second-order valence-electron chi connectivity index (χ2n) is 3.11. The molecule has 0 spiro atoms. The van der Waals surface area contributed by atoms with Crippen LogP contribution in [0, 0.1) is 6.92 Å². The van der Waals surface area contributed by atoms with E-state index in [1.807, 2.05) is 31.2 Å². The zero-order valence-corrected chi connectivity index (χ0v) is 8.57. The maximum Gasteiger partial charge on any atom is 0.0793 e. The molecule has 0 aliphatic heterocycles. The fourth-order valence-corrected chi connectivity index (χ4v) is 1.43. The first-order valence-corrected chi connectivity index (χ1v) is 4.87. The van der Waals surface area contributed by atoms with Crippen molar-refractivity contribution in [2.45, 2.75) is 12.8 Å². The molecule has 0 fully saturated rings. The highest BCUT2D eigenvalue weighted by molar-refractivity contribution is 6.16. The van der Waals surface area contributed by atoms with Crippen molar-refractivity contribution in [3.05, 3.63) is 41.7 Å². The van der Waals surface area contributed by atoms with Crippen LogP contribution >= 0.6 is 11.6 Å². The molecule has 1 aromatic heterocycles. The first-order chi connectivity index (χ1) is 6.81. The van der Waals surface area contributed by atoms with Crippen molar-refractivity contribution in [1.82, 2.24) is 15.0 Å². The monoisotopic (exact) mass is 207 g/mol. The Morgan fingerprint density at radius 3 is 2.64 bits per heavy atom. The summed E-state index contributed by atoms with van der Waals surface area (Å²) >= 11 is 5.75. The fourth-order valence-electron chi connectivity index (χ4n) is 1.25. The molecule has 1 aromatic carbocycles. The molecule has 0 unspecified atom stereocenters. The molecule has 2 aromatic rings. The molecule has 0 aliphatic rings. The van der Waals surface area contributed by atoms with Crippen LogP contribution in [0.25, 0.3) is 5.69 Å². The third-order valence-electron chi connectivity index (χ3n) is 2.04. The minimum Gasteiger partial charge on any atom is -0.216 e. The SMILES string of the molecule is Cc1ccc(-n2nncc2CCl)cc1. The summed E-state index contributed by atoms with van der Waals surface area (Å²) in [7, 11) is 0. The van der Waals surface area contributed by atoms with E-state index in [-0.39, 0.29) is 0 Å². The standard InChI is InChI=1S/C10H10ClN3/c1-8-2-4-9(5-3-8)14-10(6-11)7-12-13-14/h2-5,7H,6H2,1H3. The van der Waals surface area contributed by atoms with Gasteiger partial charge in [-0.05, 0) is 19.1 Å². The Morgan fingerprint density at radius 2 is 2.00 bits per heavy atom. The molecule has 0 radical (unpaired) electrons. The van der Waals surface area contributed by atoms with E-state index in [9.17, 15) is 0 Å². The van der Waals surface area contributed by atoms with E-state index in [0.29, 0.717) is 5.88 Å². The molecule has 72 valence electrons. The predicted molar refractivity (Wildman–Crippen MR) is 55.7 cm³/mol. The Kier molecular flexibility index (Phi) is 2.50. The topological polar surface area (TPSA) is 30.7 Å². The smallest absolute Gasteiger partial charge is 0.0793 e.